The molecule has 1 aromatic rings. The molecule has 2 rings (SSSR count). The van der Waals surface area contributed by atoms with Crippen molar-refractivity contribution in [2.45, 2.75) is 25.8 Å². The Hall–Kier alpha value is -1.51. The molecule has 0 aliphatic carbocycles. The SMILES string of the molecule is C/C=C/C1CCC(c2c(F)cccc2F)=N1. The van der Waals surface area contributed by atoms with Crippen LogP contribution in [-0.4, -0.2) is 11.8 Å². The molecule has 1 heterocycles. The molecule has 0 saturated heterocycles. The molecular weight excluding hydrogens is 208 g/mol. The molecule has 0 radical (unpaired) electrons. The molecule has 84 valence electrons. The van der Waals surface area contributed by atoms with E-state index in [0.29, 0.717) is 12.1 Å². The number of rotatable bonds is 2. The molecule has 1 unspecified atom stereocenters. The van der Waals surface area contributed by atoms with Crippen LogP contribution in [0.5, 0.6) is 0 Å². The molecule has 0 amide bonds. The summed E-state index contributed by atoms with van der Waals surface area (Å²) < 4.78 is 27.0. The fourth-order valence-corrected chi connectivity index (χ4v) is 1.94. The maximum atomic E-state index is 13.5. The van der Waals surface area contributed by atoms with Gasteiger partial charge in [0.25, 0.3) is 0 Å². The molecule has 0 spiro atoms. The average Bonchev–Trinajstić information content (AvgIpc) is 2.67. The normalized spacial score (nSPS) is 20.4. The predicted octanol–water partition coefficient (Wildman–Crippen LogP) is 3.49. The second-order valence-electron chi connectivity index (χ2n) is 3.80. The van der Waals surface area contributed by atoms with Gasteiger partial charge in [0.15, 0.2) is 0 Å². The summed E-state index contributed by atoms with van der Waals surface area (Å²) in [6.45, 7) is 1.91. The number of nitrogens with zero attached hydrogens (tertiary/aromatic N) is 1. The van der Waals surface area contributed by atoms with E-state index in [1.165, 1.54) is 18.2 Å². The zero-order valence-corrected chi connectivity index (χ0v) is 9.08. The van der Waals surface area contributed by atoms with Crippen molar-refractivity contribution in [1.29, 1.82) is 0 Å². The monoisotopic (exact) mass is 221 g/mol. The van der Waals surface area contributed by atoms with Gasteiger partial charge in [0.2, 0.25) is 0 Å². The van der Waals surface area contributed by atoms with Crippen molar-refractivity contribution in [2.75, 3.05) is 0 Å². The van der Waals surface area contributed by atoms with E-state index in [2.05, 4.69) is 4.99 Å². The van der Waals surface area contributed by atoms with Gasteiger partial charge in [-0.3, -0.25) is 4.99 Å². The molecule has 3 heteroatoms. The van der Waals surface area contributed by atoms with E-state index < -0.39 is 11.6 Å². The van der Waals surface area contributed by atoms with Crippen LogP contribution < -0.4 is 0 Å². The largest absolute Gasteiger partial charge is 0.281 e. The second kappa shape index (κ2) is 4.56. The zero-order chi connectivity index (χ0) is 11.5. The van der Waals surface area contributed by atoms with Crippen molar-refractivity contribution < 1.29 is 8.78 Å². The van der Waals surface area contributed by atoms with E-state index in [4.69, 9.17) is 0 Å². The van der Waals surface area contributed by atoms with Crippen molar-refractivity contribution in [3.63, 3.8) is 0 Å². The fourth-order valence-electron chi connectivity index (χ4n) is 1.94. The summed E-state index contributed by atoms with van der Waals surface area (Å²) in [5, 5.41) is 0. The van der Waals surface area contributed by atoms with E-state index >= 15 is 0 Å². The minimum Gasteiger partial charge on any atom is -0.281 e. The Morgan fingerprint density at radius 2 is 2.00 bits per heavy atom. The van der Waals surface area contributed by atoms with Gasteiger partial charge in [0.05, 0.1) is 11.6 Å². The summed E-state index contributed by atoms with van der Waals surface area (Å²) in [6, 6.07) is 3.97. The average molecular weight is 221 g/mol. The molecule has 1 aliphatic rings. The molecule has 1 aromatic carbocycles. The Morgan fingerprint density at radius 3 is 2.62 bits per heavy atom. The lowest BCUT2D eigenvalue weighted by Gasteiger charge is -2.03. The Labute approximate surface area is 93.5 Å². The van der Waals surface area contributed by atoms with Gasteiger partial charge in [-0.15, -0.1) is 0 Å². The van der Waals surface area contributed by atoms with Crippen LogP contribution in [0, 0.1) is 11.6 Å². The first-order chi connectivity index (χ1) is 7.72. The van der Waals surface area contributed by atoms with Crippen LogP contribution in [0.4, 0.5) is 8.78 Å². The molecule has 0 aromatic heterocycles. The highest BCUT2D eigenvalue weighted by molar-refractivity contribution is 6.02. The molecule has 1 nitrogen and oxygen atoms in total. The van der Waals surface area contributed by atoms with E-state index in [1.54, 1.807) is 0 Å². The summed E-state index contributed by atoms with van der Waals surface area (Å²) in [5.41, 5.74) is 0.577. The third kappa shape index (κ3) is 2.03. The molecule has 0 bridgehead atoms. The summed E-state index contributed by atoms with van der Waals surface area (Å²) in [5.74, 6) is -1.06. The molecule has 1 atom stereocenters. The quantitative estimate of drug-likeness (QED) is 0.678. The molecule has 0 saturated carbocycles. The third-order valence-corrected chi connectivity index (χ3v) is 2.66. The van der Waals surface area contributed by atoms with Crippen LogP contribution in [0.1, 0.15) is 25.3 Å². The lowest BCUT2D eigenvalue weighted by Crippen LogP contribution is -2.03. The minimum absolute atomic E-state index is 0.0366. The maximum absolute atomic E-state index is 13.5. The number of allylic oxidation sites excluding steroid dienone is 1. The van der Waals surface area contributed by atoms with Gasteiger partial charge in [0.1, 0.15) is 11.6 Å². The van der Waals surface area contributed by atoms with Crippen LogP contribution in [0.2, 0.25) is 0 Å². The van der Waals surface area contributed by atoms with Crippen LogP contribution in [0.3, 0.4) is 0 Å². The number of hydrogen-bond acceptors (Lipinski definition) is 1. The zero-order valence-electron chi connectivity index (χ0n) is 9.08. The summed E-state index contributed by atoms with van der Waals surface area (Å²) in [7, 11) is 0. The molecule has 0 N–H and O–H groups in total. The van der Waals surface area contributed by atoms with E-state index in [1.807, 2.05) is 19.1 Å². The van der Waals surface area contributed by atoms with E-state index in [0.717, 1.165) is 6.42 Å². The van der Waals surface area contributed by atoms with Crippen molar-refractivity contribution in [1.82, 2.24) is 0 Å². The highest BCUT2D eigenvalue weighted by atomic mass is 19.1. The fraction of sp³-hybridized carbons (Fsp3) is 0.308. The first-order valence-electron chi connectivity index (χ1n) is 5.36. The highest BCUT2D eigenvalue weighted by Gasteiger charge is 2.21. The third-order valence-electron chi connectivity index (χ3n) is 2.66. The number of halogens is 2. The second-order valence-corrected chi connectivity index (χ2v) is 3.80. The van der Waals surface area contributed by atoms with Crippen molar-refractivity contribution >= 4 is 5.71 Å². The molecule has 16 heavy (non-hydrogen) atoms. The Kier molecular flexibility index (Phi) is 3.13. The maximum Gasteiger partial charge on any atom is 0.135 e. The number of benzene rings is 1. The van der Waals surface area contributed by atoms with Crippen molar-refractivity contribution in [3.8, 4) is 0 Å². The molecule has 0 fully saturated rings. The molecular formula is C13H13F2N. The minimum atomic E-state index is -0.528. The van der Waals surface area contributed by atoms with Gasteiger partial charge in [-0.25, -0.2) is 8.78 Å². The van der Waals surface area contributed by atoms with Crippen LogP contribution in [0.15, 0.2) is 35.3 Å². The number of hydrogen-bond donors (Lipinski definition) is 0. The molecule has 1 aliphatic heterocycles. The van der Waals surface area contributed by atoms with Crippen LogP contribution >= 0.6 is 0 Å². The topological polar surface area (TPSA) is 12.4 Å². The first kappa shape index (κ1) is 11.0. The van der Waals surface area contributed by atoms with Crippen LogP contribution in [0.25, 0.3) is 0 Å². The smallest absolute Gasteiger partial charge is 0.135 e. The Bertz CT molecular complexity index is 429. The van der Waals surface area contributed by atoms with E-state index in [-0.39, 0.29) is 11.6 Å². The summed E-state index contributed by atoms with van der Waals surface area (Å²) >= 11 is 0. The van der Waals surface area contributed by atoms with Gasteiger partial charge >= 0.3 is 0 Å². The first-order valence-corrected chi connectivity index (χ1v) is 5.36. The summed E-state index contributed by atoms with van der Waals surface area (Å²) in [6.07, 6.45) is 5.32. The summed E-state index contributed by atoms with van der Waals surface area (Å²) in [4.78, 5) is 4.32. The lowest BCUT2D eigenvalue weighted by atomic mass is 10.1. The van der Waals surface area contributed by atoms with Gasteiger partial charge in [0, 0.05) is 5.71 Å². The van der Waals surface area contributed by atoms with Gasteiger partial charge < -0.3 is 0 Å². The predicted molar refractivity (Wildman–Crippen MR) is 60.7 cm³/mol. The van der Waals surface area contributed by atoms with Gasteiger partial charge in [-0.2, -0.15) is 0 Å². The van der Waals surface area contributed by atoms with Gasteiger partial charge in [-0.1, -0.05) is 18.2 Å². The van der Waals surface area contributed by atoms with Crippen molar-refractivity contribution in [3.05, 3.63) is 47.5 Å². The van der Waals surface area contributed by atoms with Crippen molar-refractivity contribution in [2.24, 2.45) is 4.99 Å². The Balaban J connectivity index is 2.36. The van der Waals surface area contributed by atoms with Gasteiger partial charge in [-0.05, 0) is 31.9 Å². The lowest BCUT2D eigenvalue weighted by molar-refractivity contribution is 0.578. The standard InChI is InChI=1S/C13H13F2N/c1-2-4-9-7-8-12(16-9)13-10(14)5-3-6-11(13)15/h2-6,9H,7-8H2,1H3/b4-2+. The Morgan fingerprint density at radius 1 is 1.31 bits per heavy atom. The van der Waals surface area contributed by atoms with E-state index in [9.17, 15) is 8.78 Å². The highest BCUT2D eigenvalue weighted by Crippen LogP contribution is 2.23. The number of aliphatic imine (C=N–C) groups is 1. The van der Waals surface area contributed by atoms with Crippen LogP contribution in [-0.2, 0) is 0 Å².